The molecule has 2 aromatic rings. The average Bonchev–Trinajstić information content (AvgIpc) is 2.50. The van der Waals surface area contributed by atoms with E-state index in [0.29, 0.717) is 11.4 Å². The molecule has 0 saturated heterocycles. The number of halogens is 2. The van der Waals surface area contributed by atoms with Crippen molar-refractivity contribution in [3.8, 4) is 0 Å². The van der Waals surface area contributed by atoms with Crippen molar-refractivity contribution < 1.29 is 14.0 Å². The summed E-state index contributed by atoms with van der Waals surface area (Å²) < 4.78 is 13.1. The highest BCUT2D eigenvalue weighted by molar-refractivity contribution is 6.31. The van der Waals surface area contributed by atoms with Crippen molar-refractivity contribution >= 4 is 34.8 Å². The molecule has 0 unspecified atom stereocenters. The molecule has 1 atom stereocenters. The maximum atomic E-state index is 13.1. The number of carbonyl (C=O) groups is 2. The van der Waals surface area contributed by atoms with Crippen LogP contribution in [-0.2, 0) is 9.59 Å². The Morgan fingerprint density at radius 2 is 2.05 bits per heavy atom. The SMILES string of the molecule is O=C1C[C@H](C(=O)Nc2ccc(F)c(Cl)c2)c2ccccc2N1. The third-order valence-electron chi connectivity index (χ3n) is 3.50. The zero-order valence-electron chi connectivity index (χ0n) is 11.4. The number of benzene rings is 2. The first-order valence-electron chi connectivity index (χ1n) is 6.69. The topological polar surface area (TPSA) is 58.2 Å². The van der Waals surface area contributed by atoms with E-state index in [1.807, 2.05) is 6.07 Å². The van der Waals surface area contributed by atoms with E-state index in [2.05, 4.69) is 10.6 Å². The van der Waals surface area contributed by atoms with Gasteiger partial charge in [0.25, 0.3) is 0 Å². The number of nitrogens with one attached hydrogen (secondary N) is 2. The fourth-order valence-electron chi connectivity index (χ4n) is 2.45. The van der Waals surface area contributed by atoms with Gasteiger partial charge in [0.05, 0.1) is 10.9 Å². The van der Waals surface area contributed by atoms with Gasteiger partial charge >= 0.3 is 0 Å². The molecule has 22 heavy (non-hydrogen) atoms. The van der Waals surface area contributed by atoms with Crippen LogP contribution >= 0.6 is 11.6 Å². The minimum atomic E-state index is -0.589. The molecule has 1 heterocycles. The summed E-state index contributed by atoms with van der Waals surface area (Å²) in [6.07, 6.45) is 0.0672. The van der Waals surface area contributed by atoms with Crippen molar-refractivity contribution in [2.75, 3.05) is 10.6 Å². The molecule has 6 heteroatoms. The largest absolute Gasteiger partial charge is 0.326 e. The van der Waals surface area contributed by atoms with Crippen LogP contribution in [0.4, 0.5) is 15.8 Å². The third-order valence-corrected chi connectivity index (χ3v) is 3.79. The van der Waals surface area contributed by atoms with Gasteiger partial charge in [-0.3, -0.25) is 9.59 Å². The van der Waals surface area contributed by atoms with Crippen molar-refractivity contribution in [3.63, 3.8) is 0 Å². The summed E-state index contributed by atoms with van der Waals surface area (Å²) >= 11 is 5.70. The van der Waals surface area contributed by atoms with Crippen molar-refractivity contribution in [2.45, 2.75) is 12.3 Å². The molecular weight excluding hydrogens is 307 g/mol. The summed E-state index contributed by atoms with van der Waals surface area (Å²) in [4.78, 5) is 24.2. The number of fused-ring (bicyclic) bond motifs is 1. The lowest BCUT2D eigenvalue weighted by Gasteiger charge is -2.24. The van der Waals surface area contributed by atoms with Crippen molar-refractivity contribution in [1.29, 1.82) is 0 Å². The van der Waals surface area contributed by atoms with Crippen LogP contribution in [0.15, 0.2) is 42.5 Å². The summed E-state index contributed by atoms with van der Waals surface area (Å²) in [5, 5.41) is 5.34. The summed E-state index contributed by atoms with van der Waals surface area (Å²) in [5.74, 6) is -1.68. The fraction of sp³-hybridized carbons (Fsp3) is 0.125. The molecule has 1 aliphatic rings. The number of para-hydroxylation sites is 1. The first-order chi connectivity index (χ1) is 10.5. The van der Waals surface area contributed by atoms with E-state index in [4.69, 9.17) is 11.6 Å². The lowest BCUT2D eigenvalue weighted by Crippen LogP contribution is -2.30. The second-order valence-corrected chi connectivity index (χ2v) is 5.42. The summed E-state index contributed by atoms with van der Waals surface area (Å²) in [6, 6.07) is 11.1. The number of hydrogen-bond donors (Lipinski definition) is 2. The van der Waals surface area contributed by atoms with Crippen molar-refractivity contribution in [3.05, 3.63) is 58.9 Å². The second-order valence-electron chi connectivity index (χ2n) is 5.01. The Kier molecular flexibility index (Phi) is 3.81. The molecular formula is C16H12ClFN2O2. The second kappa shape index (κ2) is 5.77. The van der Waals surface area contributed by atoms with Gasteiger partial charge in [-0.05, 0) is 29.8 Å². The molecule has 0 aromatic heterocycles. The molecule has 0 radical (unpaired) electrons. The molecule has 0 aliphatic carbocycles. The van der Waals surface area contributed by atoms with E-state index in [9.17, 15) is 14.0 Å². The number of hydrogen-bond acceptors (Lipinski definition) is 2. The molecule has 2 N–H and O–H groups in total. The van der Waals surface area contributed by atoms with E-state index >= 15 is 0 Å². The molecule has 0 saturated carbocycles. The van der Waals surface area contributed by atoms with Gasteiger partial charge in [-0.15, -0.1) is 0 Å². The van der Waals surface area contributed by atoms with Gasteiger partial charge in [-0.25, -0.2) is 4.39 Å². The monoisotopic (exact) mass is 318 g/mol. The van der Waals surface area contributed by atoms with Gasteiger partial charge in [0.15, 0.2) is 0 Å². The van der Waals surface area contributed by atoms with Crippen LogP contribution in [0.1, 0.15) is 17.9 Å². The Balaban J connectivity index is 1.86. The van der Waals surface area contributed by atoms with Gasteiger partial charge in [-0.2, -0.15) is 0 Å². The summed E-state index contributed by atoms with van der Waals surface area (Å²) in [6.45, 7) is 0. The first kappa shape index (κ1) is 14.5. The van der Waals surface area contributed by atoms with Crippen LogP contribution in [0, 0.1) is 5.82 Å². The smallest absolute Gasteiger partial charge is 0.232 e. The average molecular weight is 319 g/mol. The Bertz CT molecular complexity index is 764. The van der Waals surface area contributed by atoms with Crippen LogP contribution in [0.3, 0.4) is 0 Å². The quantitative estimate of drug-likeness (QED) is 0.889. The van der Waals surface area contributed by atoms with Gasteiger partial charge in [0, 0.05) is 17.8 Å². The molecule has 0 bridgehead atoms. The molecule has 0 fully saturated rings. The highest BCUT2D eigenvalue weighted by Crippen LogP contribution is 2.33. The minimum absolute atomic E-state index is 0.0672. The standard InChI is InChI=1S/C16H12ClFN2O2/c17-12-7-9(5-6-13(12)18)19-16(22)11-8-15(21)20-14-4-2-1-3-10(11)14/h1-7,11H,8H2,(H,19,22)(H,20,21)/t11-/m0/s1. The fourth-order valence-corrected chi connectivity index (χ4v) is 2.63. The van der Waals surface area contributed by atoms with E-state index in [1.165, 1.54) is 18.2 Å². The van der Waals surface area contributed by atoms with E-state index in [1.54, 1.807) is 18.2 Å². The van der Waals surface area contributed by atoms with Crippen LogP contribution < -0.4 is 10.6 Å². The first-order valence-corrected chi connectivity index (χ1v) is 7.07. The molecule has 4 nitrogen and oxygen atoms in total. The number of carbonyl (C=O) groups excluding carboxylic acids is 2. The van der Waals surface area contributed by atoms with Gasteiger partial charge < -0.3 is 10.6 Å². The molecule has 2 aromatic carbocycles. The number of rotatable bonds is 2. The van der Waals surface area contributed by atoms with Crippen molar-refractivity contribution in [1.82, 2.24) is 0 Å². The molecule has 0 spiro atoms. The zero-order valence-corrected chi connectivity index (χ0v) is 12.2. The number of anilines is 2. The summed E-state index contributed by atoms with van der Waals surface area (Å²) in [7, 11) is 0. The predicted octanol–water partition coefficient (Wildman–Crippen LogP) is 3.54. The Morgan fingerprint density at radius 3 is 2.82 bits per heavy atom. The molecule has 2 amide bonds. The maximum absolute atomic E-state index is 13.1. The predicted molar refractivity (Wildman–Crippen MR) is 82.5 cm³/mol. The van der Waals surface area contributed by atoms with E-state index in [0.717, 1.165) is 5.56 Å². The van der Waals surface area contributed by atoms with Gasteiger partial charge in [-0.1, -0.05) is 29.8 Å². The normalized spacial score (nSPS) is 16.6. The van der Waals surface area contributed by atoms with E-state index in [-0.39, 0.29) is 23.3 Å². The maximum Gasteiger partial charge on any atom is 0.232 e. The Labute approximate surface area is 131 Å². The molecule has 3 rings (SSSR count). The highest BCUT2D eigenvalue weighted by Gasteiger charge is 2.30. The Hall–Kier alpha value is -2.40. The minimum Gasteiger partial charge on any atom is -0.326 e. The van der Waals surface area contributed by atoms with Crippen LogP contribution in [-0.4, -0.2) is 11.8 Å². The van der Waals surface area contributed by atoms with Gasteiger partial charge in [0.1, 0.15) is 5.82 Å². The van der Waals surface area contributed by atoms with Crippen molar-refractivity contribution in [2.24, 2.45) is 0 Å². The lowest BCUT2D eigenvalue weighted by molar-refractivity contribution is -0.123. The van der Waals surface area contributed by atoms with Gasteiger partial charge in [0.2, 0.25) is 11.8 Å². The van der Waals surface area contributed by atoms with Crippen LogP contribution in [0.2, 0.25) is 5.02 Å². The zero-order chi connectivity index (χ0) is 15.7. The number of amides is 2. The van der Waals surface area contributed by atoms with E-state index < -0.39 is 11.7 Å². The molecule has 1 aliphatic heterocycles. The van der Waals surface area contributed by atoms with Crippen LogP contribution in [0.5, 0.6) is 0 Å². The summed E-state index contributed by atoms with van der Waals surface area (Å²) in [5.41, 5.74) is 1.78. The highest BCUT2D eigenvalue weighted by atomic mass is 35.5. The Morgan fingerprint density at radius 1 is 1.27 bits per heavy atom. The molecule has 112 valence electrons. The third kappa shape index (κ3) is 2.80. The lowest BCUT2D eigenvalue weighted by atomic mass is 9.90. The van der Waals surface area contributed by atoms with Crippen LogP contribution in [0.25, 0.3) is 0 Å².